The summed E-state index contributed by atoms with van der Waals surface area (Å²) in [5.74, 6) is 0. The van der Waals surface area contributed by atoms with Crippen molar-refractivity contribution in [3.8, 4) is 0 Å². The Morgan fingerprint density at radius 2 is 2.40 bits per heavy atom. The van der Waals surface area contributed by atoms with Crippen molar-refractivity contribution in [2.24, 2.45) is 5.73 Å². The molecule has 0 aromatic carbocycles. The lowest BCUT2D eigenvalue weighted by Gasteiger charge is -2.13. The van der Waals surface area contributed by atoms with Gasteiger partial charge in [0, 0.05) is 18.9 Å². The zero-order chi connectivity index (χ0) is 7.23. The van der Waals surface area contributed by atoms with Gasteiger partial charge in [0.25, 0.3) is 0 Å². The molecule has 1 heterocycles. The van der Waals surface area contributed by atoms with Gasteiger partial charge >= 0.3 is 0 Å². The number of nitrogens with two attached hydrogens (primary N) is 1. The monoisotopic (exact) mass is 141 g/mol. The highest BCUT2D eigenvalue weighted by atomic mass is 15.2. The maximum absolute atomic E-state index is 5.36. The van der Waals surface area contributed by atoms with E-state index in [1.165, 1.54) is 6.42 Å². The first kappa shape index (κ1) is 7.41. The van der Waals surface area contributed by atoms with Gasteiger partial charge in [0.1, 0.15) is 0 Å². The van der Waals surface area contributed by atoms with Crippen molar-refractivity contribution in [1.82, 2.24) is 10.2 Å². The van der Waals surface area contributed by atoms with E-state index in [1.54, 1.807) is 0 Å². The number of nitrogens with one attached hydrogen (secondary N) is 1. The standard InChI is InChI=1S/C7H15N3/c8-3-1-2-5-10-6-4-9-7-10/h4,6,9H,1-3,5,7-8H2. The van der Waals surface area contributed by atoms with Gasteiger partial charge in [0.15, 0.2) is 0 Å². The van der Waals surface area contributed by atoms with Crippen molar-refractivity contribution in [3.05, 3.63) is 12.4 Å². The zero-order valence-corrected chi connectivity index (χ0v) is 6.21. The molecule has 0 spiro atoms. The number of nitrogens with zero attached hydrogens (tertiary/aromatic N) is 1. The minimum absolute atomic E-state index is 0.810. The van der Waals surface area contributed by atoms with Crippen LogP contribution < -0.4 is 11.1 Å². The first-order chi connectivity index (χ1) is 4.93. The molecule has 0 radical (unpaired) electrons. The Kier molecular flexibility index (Phi) is 3.09. The van der Waals surface area contributed by atoms with Crippen LogP contribution >= 0.6 is 0 Å². The fourth-order valence-electron chi connectivity index (χ4n) is 0.994. The van der Waals surface area contributed by atoms with Gasteiger partial charge in [-0.2, -0.15) is 0 Å². The Balaban J connectivity index is 1.97. The van der Waals surface area contributed by atoms with Crippen LogP contribution in [0.2, 0.25) is 0 Å². The van der Waals surface area contributed by atoms with E-state index in [1.807, 2.05) is 6.20 Å². The number of unbranched alkanes of at least 4 members (excludes halogenated alkanes) is 1. The molecule has 0 saturated heterocycles. The maximum Gasteiger partial charge on any atom is 0.0867 e. The van der Waals surface area contributed by atoms with Gasteiger partial charge < -0.3 is 16.0 Å². The topological polar surface area (TPSA) is 41.3 Å². The van der Waals surface area contributed by atoms with Crippen molar-refractivity contribution in [3.63, 3.8) is 0 Å². The Labute approximate surface area is 61.9 Å². The van der Waals surface area contributed by atoms with Crippen molar-refractivity contribution < 1.29 is 0 Å². The summed E-state index contributed by atoms with van der Waals surface area (Å²) in [4.78, 5) is 2.25. The first-order valence-electron chi connectivity index (χ1n) is 3.77. The molecule has 1 aliphatic heterocycles. The van der Waals surface area contributed by atoms with Gasteiger partial charge in [0.05, 0.1) is 6.67 Å². The second-order valence-corrected chi connectivity index (χ2v) is 2.49. The van der Waals surface area contributed by atoms with E-state index in [2.05, 4.69) is 16.4 Å². The molecule has 0 atom stereocenters. The van der Waals surface area contributed by atoms with Gasteiger partial charge in [-0.1, -0.05) is 0 Å². The molecule has 1 aliphatic rings. The summed E-state index contributed by atoms with van der Waals surface area (Å²) in [6.45, 7) is 2.90. The van der Waals surface area contributed by atoms with Crippen LogP contribution in [0.5, 0.6) is 0 Å². The van der Waals surface area contributed by atoms with E-state index in [4.69, 9.17) is 5.73 Å². The van der Waals surface area contributed by atoms with E-state index < -0.39 is 0 Å². The SMILES string of the molecule is NCCCCN1C=CNC1. The minimum atomic E-state index is 0.810. The fraction of sp³-hybridized carbons (Fsp3) is 0.714. The summed E-state index contributed by atoms with van der Waals surface area (Å²) in [6, 6.07) is 0. The minimum Gasteiger partial charge on any atom is -0.373 e. The van der Waals surface area contributed by atoms with Crippen molar-refractivity contribution >= 4 is 0 Å². The van der Waals surface area contributed by atoms with Crippen LogP contribution in [-0.2, 0) is 0 Å². The van der Waals surface area contributed by atoms with Crippen molar-refractivity contribution in [2.45, 2.75) is 12.8 Å². The normalized spacial score (nSPS) is 15.9. The molecular weight excluding hydrogens is 126 g/mol. The lowest BCUT2D eigenvalue weighted by molar-refractivity contribution is 0.380. The van der Waals surface area contributed by atoms with E-state index in [0.29, 0.717) is 0 Å². The average Bonchev–Trinajstić information content (AvgIpc) is 2.41. The molecule has 0 fully saturated rings. The third-order valence-electron chi connectivity index (χ3n) is 1.60. The highest BCUT2D eigenvalue weighted by molar-refractivity contribution is 4.86. The molecule has 0 unspecified atom stereocenters. The molecule has 3 N–H and O–H groups in total. The highest BCUT2D eigenvalue weighted by Crippen LogP contribution is 1.97. The van der Waals surface area contributed by atoms with Crippen LogP contribution in [0.15, 0.2) is 12.4 Å². The summed E-state index contributed by atoms with van der Waals surface area (Å²) in [7, 11) is 0. The second-order valence-electron chi connectivity index (χ2n) is 2.49. The molecule has 0 aromatic rings. The third kappa shape index (κ3) is 2.27. The van der Waals surface area contributed by atoms with E-state index >= 15 is 0 Å². The van der Waals surface area contributed by atoms with Crippen LogP contribution in [0.3, 0.4) is 0 Å². The molecular formula is C7H15N3. The average molecular weight is 141 g/mol. The summed E-state index contributed by atoms with van der Waals surface area (Å²) >= 11 is 0. The summed E-state index contributed by atoms with van der Waals surface area (Å²) in [5.41, 5.74) is 5.36. The lowest BCUT2D eigenvalue weighted by Crippen LogP contribution is -2.22. The van der Waals surface area contributed by atoms with E-state index in [9.17, 15) is 0 Å². The van der Waals surface area contributed by atoms with Gasteiger partial charge in [-0.25, -0.2) is 0 Å². The van der Waals surface area contributed by atoms with Crippen molar-refractivity contribution in [1.29, 1.82) is 0 Å². The molecule has 3 heteroatoms. The second kappa shape index (κ2) is 4.17. The van der Waals surface area contributed by atoms with Crippen LogP contribution in [-0.4, -0.2) is 24.7 Å². The fourth-order valence-corrected chi connectivity index (χ4v) is 0.994. The third-order valence-corrected chi connectivity index (χ3v) is 1.60. The Hall–Kier alpha value is -0.700. The largest absolute Gasteiger partial charge is 0.373 e. The smallest absolute Gasteiger partial charge is 0.0867 e. The number of hydrogen-bond donors (Lipinski definition) is 2. The lowest BCUT2D eigenvalue weighted by atomic mass is 10.3. The number of hydrogen-bond acceptors (Lipinski definition) is 3. The zero-order valence-electron chi connectivity index (χ0n) is 6.21. The molecule has 0 aliphatic carbocycles. The molecule has 0 saturated carbocycles. The van der Waals surface area contributed by atoms with Crippen LogP contribution in [0.4, 0.5) is 0 Å². The van der Waals surface area contributed by atoms with Crippen LogP contribution in [0.1, 0.15) is 12.8 Å². The highest BCUT2D eigenvalue weighted by Gasteiger charge is 2.00. The van der Waals surface area contributed by atoms with Gasteiger partial charge in [-0.3, -0.25) is 0 Å². The molecule has 0 bridgehead atoms. The van der Waals surface area contributed by atoms with Gasteiger partial charge in [-0.15, -0.1) is 0 Å². The summed E-state index contributed by atoms with van der Waals surface area (Å²) in [5, 5.41) is 3.11. The maximum atomic E-state index is 5.36. The molecule has 0 amide bonds. The molecule has 10 heavy (non-hydrogen) atoms. The molecule has 0 aromatic heterocycles. The van der Waals surface area contributed by atoms with Gasteiger partial charge in [-0.05, 0) is 19.4 Å². The predicted molar refractivity (Wildman–Crippen MR) is 42.1 cm³/mol. The summed E-state index contributed by atoms with van der Waals surface area (Å²) < 4.78 is 0. The summed E-state index contributed by atoms with van der Waals surface area (Å²) in [6.07, 6.45) is 6.38. The number of rotatable bonds is 4. The Morgan fingerprint density at radius 1 is 1.50 bits per heavy atom. The Morgan fingerprint density at radius 3 is 3.00 bits per heavy atom. The van der Waals surface area contributed by atoms with Crippen LogP contribution in [0, 0.1) is 0 Å². The van der Waals surface area contributed by atoms with Gasteiger partial charge in [0.2, 0.25) is 0 Å². The quantitative estimate of drug-likeness (QED) is 0.544. The van der Waals surface area contributed by atoms with Crippen molar-refractivity contribution in [2.75, 3.05) is 19.8 Å². The van der Waals surface area contributed by atoms with E-state index in [-0.39, 0.29) is 0 Å². The predicted octanol–water partition coefficient (Wildman–Crippen LogP) is 0.0592. The Bertz CT molecular complexity index is 111. The molecule has 1 rings (SSSR count). The molecule has 58 valence electrons. The molecule has 3 nitrogen and oxygen atoms in total. The van der Waals surface area contributed by atoms with E-state index in [0.717, 1.165) is 26.2 Å². The van der Waals surface area contributed by atoms with Crippen LogP contribution in [0.25, 0.3) is 0 Å². The first-order valence-corrected chi connectivity index (χ1v) is 3.77.